The number of piperazine rings is 1. The second-order valence-electron chi connectivity index (χ2n) is 8.51. The lowest BCUT2D eigenvalue weighted by atomic mass is 10.1. The zero-order valence-electron chi connectivity index (χ0n) is 18.5. The molecule has 170 valence electrons. The molecule has 2 aromatic carbocycles. The van der Waals surface area contributed by atoms with Gasteiger partial charge in [-0.3, -0.25) is 9.59 Å². The number of nitrogen functional groups attached to an aromatic ring is 1. The van der Waals surface area contributed by atoms with Crippen LogP contribution in [0.25, 0.3) is 27.5 Å². The van der Waals surface area contributed by atoms with Crippen LogP contribution in [0, 0.1) is 0 Å². The van der Waals surface area contributed by atoms with Gasteiger partial charge in [-0.2, -0.15) is 5.10 Å². The van der Waals surface area contributed by atoms with Crippen LogP contribution in [0.2, 0.25) is 0 Å². The number of nitrogens with one attached hydrogen (secondary N) is 2. The van der Waals surface area contributed by atoms with E-state index in [0.717, 1.165) is 43.8 Å². The third kappa shape index (κ3) is 4.20. The van der Waals surface area contributed by atoms with Crippen LogP contribution in [0.3, 0.4) is 0 Å². The molecule has 1 aliphatic rings. The quantitative estimate of drug-likeness (QED) is 0.433. The molecule has 0 unspecified atom stereocenters. The Labute approximate surface area is 190 Å². The Balaban J connectivity index is 1.38. The Kier molecular flexibility index (Phi) is 5.57. The molecule has 4 aromatic rings. The lowest BCUT2D eigenvalue weighted by Crippen LogP contribution is -2.45. The summed E-state index contributed by atoms with van der Waals surface area (Å²) in [5, 5.41) is 8.69. The van der Waals surface area contributed by atoms with Crippen molar-refractivity contribution in [3.05, 3.63) is 58.9 Å². The maximum Gasteiger partial charge on any atom is 0.261 e. The number of hydrogen-bond acceptors (Lipinski definition) is 6. The van der Waals surface area contributed by atoms with Crippen LogP contribution in [-0.2, 0) is 4.79 Å². The normalized spacial score (nSPS) is 15.3. The lowest BCUT2D eigenvalue weighted by Gasteiger charge is -2.32. The molecule has 1 aliphatic heterocycles. The van der Waals surface area contributed by atoms with Gasteiger partial charge in [-0.05, 0) is 37.4 Å². The maximum absolute atomic E-state index is 12.8. The molecule has 1 saturated heterocycles. The molecular weight excluding hydrogens is 418 g/mol. The number of carbonyl (C=O) groups excluding carboxylic acids is 1. The van der Waals surface area contributed by atoms with Gasteiger partial charge in [-0.15, -0.1) is 0 Å². The van der Waals surface area contributed by atoms with Crippen LogP contribution in [-0.4, -0.2) is 70.2 Å². The van der Waals surface area contributed by atoms with Gasteiger partial charge in [-0.1, -0.05) is 18.2 Å². The van der Waals surface area contributed by atoms with Gasteiger partial charge < -0.3 is 25.8 Å². The van der Waals surface area contributed by atoms with Gasteiger partial charge in [0.2, 0.25) is 5.91 Å². The van der Waals surface area contributed by atoms with Gasteiger partial charge in [0.1, 0.15) is 16.7 Å². The predicted molar refractivity (Wildman–Crippen MR) is 131 cm³/mol. The number of amides is 1. The zero-order valence-corrected chi connectivity index (χ0v) is 18.5. The number of anilines is 2. The van der Waals surface area contributed by atoms with Crippen LogP contribution in [0.5, 0.6) is 0 Å². The topological polar surface area (TPSA) is 112 Å². The minimum absolute atomic E-state index is 0.0469. The number of rotatable bonds is 5. The monoisotopic (exact) mass is 445 g/mol. The van der Waals surface area contributed by atoms with Crippen molar-refractivity contribution in [2.24, 2.45) is 0 Å². The van der Waals surface area contributed by atoms with Gasteiger partial charge in [0.15, 0.2) is 0 Å². The summed E-state index contributed by atoms with van der Waals surface area (Å²) in [4.78, 5) is 32.8. The van der Waals surface area contributed by atoms with Crippen molar-refractivity contribution in [2.75, 3.05) is 50.8 Å². The summed E-state index contributed by atoms with van der Waals surface area (Å²) < 4.78 is 1.58. The molecule has 0 saturated carbocycles. The average molecular weight is 446 g/mol. The van der Waals surface area contributed by atoms with Crippen LogP contribution >= 0.6 is 0 Å². The lowest BCUT2D eigenvalue weighted by molar-refractivity contribution is -0.116. The van der Waals surface area contributed by atoms with E-state index in [2.05, 4.69) is 32.2 Å². The minimum atomic E-state index is -0.310. The molecule has 3 heterocycles. The van der Waals surface area contributed by atoms with Crippen molar-refractivity contribution < 1.29 is 4.79 Å². The van der Waals surface area contributed by atoms with Crippen molar-refractivity contribution in [2.45, 2.75) is 6.42 Å². The summed E-state index contributed by atoms with van der Waals surface area (Å²) in [6, 6.07) is 14.9. The number of aromatic nitrogens is 3. The molecule has 1 fully saturated rings. The molecule has 9 heteroatoms. The number of benzene rings is 2. The van der Waals surface area contributed by atoms with Crippen molar-refractivity contribution in [1.29, 1.82) is 0 Å². The number of para-hydroxylation sites is 1. The smallest absolute Gasteiger partial charge is 0.261 e. The fourth-order valence-electron chi connectivity index (χ4n) is 4.28. The second-order valence-corrected chi connectivity index (χ2v) is 8.51. The molecule has 0 radical (unpaired) electrons. The summed E-state index contributed by atoms with van der Waals surface area (Å²) >= 11 is 0. The van der Waals surface area contributed by atoms with E-state index in [4.69, 9.17) is 5.73 Å². The number of likely N-dealkylation sites (N-methyl/N-ethyl adjacent to an activating group) is 1. The van der Waals surface area contributed by atoms with Crippen molar-refractivity contribution in [3.63, 3.8) is 0 Å². The largest absolute Gasteiger partial charge is 0.383 e. The van der Waals surface area contributed by atoms with Gasteiger partial charge in [-0.25, -0.2) is 4.68 Å². The van der Waals surface area contributed by atoms with E-state index in [1.807, 2.05) is 42.5 Å². The first-order chi connectivity index (χ1) is 16.0. The Morgan fingerprint density at radius 2 is 1.88 bits per heavy atom. The highest BCUT2D eigenvalue weighted by Gasteiger charge is 2.18. The van der Waals surface area contributed by atoms with Gasteiger partial charge in [0.25, 0.3) is 5.56 Å². The van der Waals surface area contributed by atoms with Crippen LogP contribution in [0.15, 0.2) is 53.3 Å². The number of carbonyl (C=O) groups is 1. The van der Waals surface area contributed by atoms with E-state index in [1.165, 1.54) is 0 Å². The molecule has 0 aliphatic carbocycles. The van der Waals surface area contributed by atoms with E-state index < -0.39 is 0 Å². The molecule has 1 amide bonds. The Hall–Kier alpha value is -3.69. The van der Waals surface area contributed by atoms with E-state index in [-0.39, 0.29) is 11.5 Å². The van der Waals surface area contributed by atoms with E-state index in [0.29, 0.717) is 34.3 Å². The number of aromatic amines is 1. The highest BCUT2D eigenvalue weighted by atomic mass is 16.1. The summed E-state index contributed by atoms with van der Waals surface area (Å²) in [6.45, 7) is 4.75. The van der Waals surface area contributed by atoms with Crippen molar-refractivity contribution in [1.82, 2.24) is 24.6 Å². The number of nitrogens with zero attached hydrogens (tertiary/aromatic N) is 4. The highest BCUT2D eigenvalue weighted by molar-refractivity contribution is 6.08. The van der Waals surface area contributed by atoms with Crippen LogP contribution in [0.1, 0.15) is 6.42 Å². The third-order valence-corrected chi connectivity index (χ3v) is 6.21. The van der Waals surface area contributed by atoms with Crippen molar-refractivity contribution >= 4 is 39.2 Å². The number of hydrogen-bond donors (Lipinski definition) is 3. The van der Waals surface area contributed by atoms with Crippen LogP contribution < -0.4 is 16.6 Å². The summed E-state index contributed by atoms with van der Waals surface area (Å²) in [5.41, 5.74) is 8.51. The SMILES string of the molecule is CN1CCN(CCC(=O)Nc2ccc3c(c2)[nH]c(=O)c2c(N)n(-c4ccccc4)nc23)CC1. The summed E-state index contributed by atoms with van der Waals surface area (Å²) in [7, 11) is 2.11. The second kappa shape index (κ2) is 8.68. The van der Waals surface area contributed by atoms with Crippen molar-refractivity contribution in [3.8, 4) is 5.69 Å². The Bertz CT molecular complexity index is 1370. The molecule has 33 heavy (non-hydrogen) atoms. The first kappa shape index (κ1) is 21.2. The molecule has 0 spiro atoms. The fraction of sp³-hybridized carbons (Fsp3) is 0.292. The molecule has 9 nitrogen and oxygen atoms in total. The molecule has 0 bridgehead atoms. The molecular formula is C24H27N7O2. The molecule has 4 N–H and O–H groups in total. The minimum Gasteiger partial charge on any atom is -0.383 e. The standard InChI is InChI=1S/C24H27N7O2/c1-29-11-13-30(14-12-29)10-9-20(32)26-16-7-8-18-19(15-16)27-24(33)21-22(18)28-31(23(21)25)17-5-3-2-4-6-17/h2-8,15H,9-14,25H2,1H3,(H,26,32)(H,27,33). The zero-order chi connectivity index (χ0) is 22.9. The molecule has 0 atom stereocenters. The molecule has 5 rings (SSSR count). The number of fused-ring (bicyclic) bond motifs is 3. The number of pyridine rings is 1. The Morgan fingerprint density at radius 1 is 1.12 bits per heavy atom. The molecule has 2 aromatic heterocycles. The predicted octanol–water partition coefficient (Wildman–Crippen LogP) is 2.03. The first-order valence-corrected chi connectivity index (χ1v) is 11.1. The Morgan fingerprint density at radius 3 is 2.64 bits per heavy atom. The highest BCUT2D eigenvalue weighted by Crippen LogP contribution is 2.28. The van der Waals surface area contributed by atoms with E-state index >= 15 is 0 Å². The number of H-pyrrole nitrogens is 1. The summed E-state index contributed by atoms with van der Waals surface area (Å²) in [5.74, 6) is 0.245. The fourth-order valence-corrected chi connectivity index (χ4v) is 4.28. The van der Waals surface area contributed by atoms with Gasteiger partial charge in [0, 0.05) is 50.2 Å². The van der Waals surface area contributed by atoms with E-state index in [1.54, 1.807) is 10.7 Å². The maximum atomic E-state index is 12.8. The third-order valence-electron chi connectivity index (χ3n) is 6.21. The average Bonchev–Trinajstić information content (AvgIpc) is 3.17. The van der Waals surface area contributed by atoms with Gasteiger partial charge >= 0.3 is 0 Å². The van der Waals surface area contributed by atoms with E-state index in [9.17, 15) is 9.59 Å². The number of nitrogens with two attached hydrogens (primary N) is 1. The van der Waals surface area contributed by atoms with Crippen LogP contribution in [0.4, 0.5) is 11.5 Å². The van der Waals surface area contributed by atoms with Gasteiger partial charge in [0.05, 0.1) is 11.2 Å². The first-order valence-electron chi connectivity index (χ1n) is 11.1. The summed E-state index contributed by atoms with van der Waals surface area (Å²) in [6.07, 6.45) is 0.426.